The highest BCUT2D eigenvalue weighted by molar-refractivity contribution is 9.11. The quantitative estimate of drug-likeness (QED) is 0.793. The summed E-state index contributed by atoms with van der Waals surface area (Å²) in [6.45, 7) is 1.65. The number of rotatable bonds is 2. The van der Waals surface area contributed by atoms with Crippen molar-refractivity contribution in [2.24, 2.45) is 0 Å². The molecule has 0 saturated carbocycles. The number of nitrogens with zero attached hydrogens (tertiary/aromatic N) is 2. The van der Waals surface area contributed by atoms with Gasteiger partial charge in [-0.1, -0.05) is 15.9 Å². The standard InChI is InChI=1S/C13H16Br2N2O/c1-16(2)10-5-6-17(8-10)13(18)11-4-3-9(14)7-12(11)15/h3-4,7,10H,5-6,8H2,1-2H3. The van der Waals surface area contributed by atoms with Crippen molar-refractivity contribution in [3.63, 3.8) is 0 Å². The molecule has 1 atom stereocenters. The topological polar surface area (TPSA) is 23.6 Å². The lowest BCUT2D eigenvalue weighted by atomic mass is 10.2. The number of halogens is 2. The molecule has 0 N–H and O–H groups in total. The minimum absolute atomic E-state index is 0.110. The molecule has 0 aliphatic carbocycles. The minimum Gasteiger partial charge on any atom is -0.337 e. The summed E-state index contributed by atoms with van der Waals surface area (Å²) in [6.07, 6.45) is 1.05. The second-order valence-electron chi connectivity index (χ2n) is 4.78. The van der Waals surface area contributed by atoms with Crippen molar-refractivity contribution in [1.29, 1.82) is 0 Å². The average Bonchev–Trinajstić information content (AvgIpc) is 2.77. The van der Waals surface area contributed by atoms with Crippen molar-refractivity contribution in [2.75, 3.05) is 27.2 Å². The number of carbonyl (C=O) groups excluding carboxylic acids is 1. The Kier molecular flexibility index (Phi) is 4.45. The van der Waals surface area contributed by atoms with Crippen LogP contribution in [0.2, 0.25) is 0 Å². The van der Waals surface area contributed by atoms with Gasteiger partial charge in [0.2, 0.25) is 0 Å². The van der Waals surface area contributed by atoms with Crippen LogP contribution < -0.4 is 0 Å². The van der Waals surface area contributed by atoms with Gasteiger partial charge in [0.1, 0.15) is 0 Å². The highest BCUT2D eigenvalue weighted by Gasteiger charge is 2.28. The molecule has 18 heavy (non-hydrogen) atoms. The molecule has 1 fully saturated rings. The molecule has 2 rings (SSSR count). The predicted molar refractivity (Wildman–Crippen MR) is 79.8 cm³/mol. The van der Waals surface area contributed by atoms with Crippen molar-refractivity contribution in [3.8, 4) is 0 Å². The van der Waals surface area contributed by atoms with Gasteiger partial charge in [-0.3, -0.25) is 4.79 Å². The zero-order valence-corrected chi connectivity index (χ0v) is 13.7. The fraction of sp³-hybridized carbons (Fsp3) is 0.462. The van der Waals surface area contributed by atoms with Crippen LogP contribution in [0.4, 0.5) is 0 Å². The first-order valence-electron chi connectivity index (χ1n) is 5.90. The maximum Gasteiger partial charge on any atom is 0.255 e. The molecule has 1 aromatic carbocycles. The minimum atomic E-state index is 0.110. The van der Waals surface area contributed by atoms with E-state index in [1.807, 2.05) is 23.1 Å². The van der Waals surface area contributed by atoms with E-state index in [1.165, 1.54) is 0 Å². The molecular formula is C13H16Br2N2O. The van der Waals surface area contributed by atoms with Gasteiger partial charge in [-0.2, -0.15) is 0 Å². The molecule has 0 bridgehead atoms. The highest BCUT2D eigenvalue weighted by atomic mass is 79.9. The molecule has 1 aromatic rings. The Labute approximate surface area is 124 Å². The molecule has 5 heteroatoms. The molecule has 1 aliphatic heterocycles. The van der Waals surface area contributed by atoms with E-state index in [9.17, 15) is 4.79 Å². The second-order valence-corrected chi connectivity index (χ2v) is 6.55. The van der Waals surface area contributed by atoms with Crippen LogP contribution in [0, 0.1) is 0 Å². The highest BCUT2D eigenvalue weighted by Crippen LogP contribution is 2.25. The summed E-state index contributed by atoms with van der Waals surface area (Å²) in [5.41, 5.74) is 0.734. The molecule has 1 amide bonds. The number of likely N-dealkylation sites (tertiary alicyclic amines) is 1. The van der Waals surface area contributed by atoms with Gasteiger partial charge in [-0.15, -0.1) is 0 Å². The van der Waals surface area contributed by atoms with Crippen molar-refractivity contribution in [3.05, 3.63) is 32.7 Å². The average molecular weight is 376 g/mol. The van der Waals surface area contributed by atoms with E-state index in [2.05, 4.69) is 50.9 Å². The summed E-state index contributed by atoms with van der Waals surface area (Å²) in [5, 5.41) is 0. The van der Waals surface area contributed by atoms with Crippen molar-refractivity contribution in [1.82, 2.24) is 9.80 Å². The molecule has 1 heterocycles. The Hall–Kier alpha value is -0.390. The Morgan fingerprint density at radius 3 is 2.67 bits per heavy atom. The molecule has 3 nitrogen and oxygen atoms in total. The first-order valence-corrected chi connectivity index (χ1v) is 7.48. The summed E-state index contributed by atoms with van der Waals surface area (Å²) in [5.74, 6) is 0.110. The SMILES string of the molecule is CN(C)C1CCN(C(=O)c2ccc(Br)cc2Br)C1. The maximum absolute atomic E-state index is 12.4. The molecule has 98 valence electrons. The normalized spacial score (nSPS) is 19.6. The van der Waals surface area contributed by atoms with Crippen LogP contribution in [0.3, 0.4) is 0 Å². The Bertz CT molecular complexity index is 462. The number of benzene rings is 1. The van der Waals surface area contributed by atoms with Crippen LogP contribution in [0.5, 0.6) is 0 Å². The molecule has 0 aromatic heterocycles. The number of hydrogen-bond acceptors (Lipinski definition) is 2. The number of likely N-dealkylation sites (N-methyl/N-ethyl adjacent to an activating group) is 1. The van der Waals surface area contributed by atoms with E-state index in [0.29, 0.717) is 6.04 Å². The Morgan fingerprint density at radius 2 is 2.11 bits per heavy atom. The fourth-order valence-electron chi connectivity index (χ4n) is 2.18. The van der Waals surface area contributed by atoms with Crippen LogP contribution in [-0.2, 0) is 0 Å². The summed E-state index contributed by atoms with van der Waals surface area (Å²) in [7, 11) is 4.13. The zero-order chi connectivity index (χ0) is 13.3. The smallest absolute Gasteiger partial charge is 0.255 e. The zero-order valence-electron chi connectivity index (χ0n) is 10.5. The van der Waals surface area contributed by atoms with E-state index < -0.39 is 0 Å². The van der Waals surface area contributed by atoms with Gasteiger partial charge < -0.3 is 9.80 Å². The maximum atomic E-state index is 12.4. The van der Waals surface area contributed by atoms with Gasteiger partial charge in [-0.25, -0.2) is 0 Å². The van der Waals surface area contributed by atoms with Crippen LogP contribution in [0.15, 0.2) is 27.1 Å². The molecular weight excluding hydrogens is 360 g/mol. The Balaban J connectivity index is 2.13. The van der Waals surface area contributed by atoms with Gasteiger partial charge in [0.05, 0.1) is 5.56 Å². The summed E-state index contributed by atoms with van der Waals surface area (Å²) >= 11 is 6.85. The Morgan fingerprint density at radius 1 is 1.39 bits per heavy atom. The number of amides is 1. The lowest BCUT2D eigenvalue weighted by Crippen LogP contribution is -2.34. The first-order chi connectivity index (χ1) is 8.49. The third kappa shape index (κ3) is 2.95. The number of hydrogen-bond donors (Lipinski definition) is 0. The van der Waals surface area contributed by atoms with Gasteiger partial charge >= 0.3 is 0 Å². The van der Waals surface area contributed by atoms with E-state index in [1.54, 1.807) is 0 Å². The fourth-order valence-corrected chi connectivity index (χ4v) is 3.40. The van der Waals surface area contributed by atoms with Crippen LogP contribution in [-0.4, -0.2) is 48.9 Å². The van der Waals surface area contributed by atoms with Crippen molar-refractivity contribution < 1.29 is 4.79 Å². The van der Waals surface area contributed by atoms with Crippen LogP contribution in [0.25, 0.3) is 0 Å². The van der Waals surface area contributed by atoms with E-state index in [-0.39, 0.29) is 5.91 Å². The molecule has 0 spiro atoms. The van der Waals surface area contributed by atoms with Gasteiger partial charge in [0, 0.05) is 28.1 Å². The van der Waals surface area contributed by atoms with Crippen molar-refractivity contribution >= 4 is 37.8 Å². The third-order valence-corrected chi connectivity index (χ3v) is 4.49. The summed E-state index contributed by atoms with van der Waals surface area (Å²) in [6, 6.07) is 6.15. The van der Waals surface area contributed by atoms with Gasteiger partial charge in [-0.05, 0) is 54.6 Å². The molecule has 1 aliphatic rings. The van der Waals surface area contributed by atoms with Gasteiger partial charge in [0.25, 0.3) is 5.91 Å². The lowest BCUT2D eigenvalue weighted by molar-refractivity contribution is 0.0782. The molecule has 0 radical (unpaired) electrons. The van der Waals surface area contributed by atoms with Gasteiger partial charge in [0.15, 0.2) is 0 Å². The lowest BCUT2D eigenvalue weighted by Gasteiger charge is -2.20. The summed E-state index contributed by atoms with van der Waals surface area (Å²) in [4.78, 5) is 16.5. The third-order valence-electron chi connectivity index (χ3n) is 3.34. The van der Waals surface area contributed by atoms with Crippen LogP contribution >= 0.6 is 31.9 Å². The molecule has 1 unspecified atom stereocenters. The monoisotopic (exact) mass is 374 g/mol. The van der Waals surface area contributed by atoms with E-state index in [0.717, 1.165) is 34.0 Å². The summed E-state index contributed by atoms with van der Waals surface area (Å²) < 4.78 is 1.81. The van der Waals surface area contributed by atoms with E-state index in [4.69, 9.17) is 0 Å². The van der Waals surface area contributed by atoms with E-state index >= 15 is 0 Å². The van der Waals surface area contributed by atoms with Crippen LogP contribution in [0.1, 0.15) is 16.8 Å². The number of carbonyl (C=O) groups is 1. The second kappa shape index (κ2) is 5.72. The first kappa shape index (κ1) is 14.0. The molecule has 1 saturated heterocycles. The predicted octanol–water partition coefficient (Wildman–Crippen LogP) is 2.99. The van der Waals surface area contributed by atoms with Crippen molar-refractivity contribution in [2.45, 2.75) is 12.5 Å². The largest absolute Gasteiger partial charge is 0.337 e.